The average molecular weight is 530 g/mol. The molecule has 0 aliphatic heterocycles. The standard InChI is InChI=1S/C32H31N7O/c1-18(2)9-29(40)37-23-11-22(14-35-15-23)20-6-7-24-25(12-20)30(19(3)10-27(24)33)32-38-28-17-36-16-26(31(28)39-32)21-5-4-8-34-13-21/h4-8,11-18,27H,9-10,33H2,1-3H3,(H,37,40)(H,38,39). The molecule has 0 spiro atoms. The maximum absolute atomic E-state index is 12.3. The SMILES string of the molecule is CC1=C(c2nc3c(-c4cccnc4)cncc3[nH]2)c2cc(-c3cncc(NC(=O)CC(C)C)c3)ccc2C(N)C1. The Labute approximate surface area is 232 Å². The number of rotatable bonds is 6. The van der Waals surface area contributed by atoms with E-state index in [9.17, 15) is 4.79 Å². The molecule has 0 saturated heterocycles. The van der Waals surface area contributed by atoms with Crippen molar-refractivity contribution in [2.75, 3.05) is 5.32 Å². The molecule has 1 atom stereocenters. The number of benzene rings is 1. The van der Waals surface area contributed by atoms with E-state index in [0.717, 1.165) is 62.2 Å². The van der Waals surface area contributed by atoms with Crippen molar-refractivity contribution in [1.82, 2.24) is 24.9 Å². The molecular formula is C32H31N7O. The first-order valence-corrected chi connectivity index (χ1v) is 13.5. The third-order valence-electron chi connectivity index (χ3n) is 7.23. The number of nitrogens with two attached hydrogens (primary N) is 1. The summed E-state index contributed by atoms with van der Waals surface area (Å²) in [6.07, 6.45) is 11.9. The summed E-state index contributed by atoms with van der Waals surface area (Å²) in [6, 6.07) is 12.1. The molecule has 1 amide bonds. The Morgan fingerprint density at radius 3 is 2.62 bits per heavy atom. The van der Waals surface area contributed by atoms with E-state index >= 15 is 0 Å². The average Bonchev–Trinajstić information content (AvgIpc) is 3.37. The van der Waals surface area contributed by atoms with E-state index in [-0.39, 0.29) is 17.9 Å². The number of aromatic nitrogens is 5. The van der Waals surface area contributed by atoms with Crippen molar-refractivity contribution in [3.05, 3.63) is 96.1 Å². The molecule has 1 aliphatic carbocycles. The van der Waals surface area contributed by atoms with E-state index in [1.165, 1.54) is 5.57 Å². The number of imidazole rings is 1. The molecule has 4 aromatic heterocycles. The zero-order valence-corrected chi connectivity index (χ0v) is 22.8. The van der Waals surface area contributed by atoms with E-state index in [1.54, 1.807) is 18.6 Å². The molecule has 1 unspecified atom stereocenters. The second-order valence-corrected chi connectivity index (χ2v) is 10.8. The Morgan fingerprint density at radius 2 is 1.82 bits per heavy atom. The lowest BCUT2D eigenvalue weighted by atomic mass is 9.81. The summed E-state index contributed by atoms with van der Waals surface area (Å²) in [7, 11) is 0. The van der Waals surface area contributed by atoms with Crippen molar-refractivity contribution < 1.29 is 4.79 Å². The molecule has 6 rings (SSSR count). The highest BCUT2D eigenvalue weighted by atomic mass is 16.1. The Hall–Kier alpha value is -4.69. The lowest BCUT2D eigenvalue weighted by Gasteiger charge is -2.26. The first-order chi connectivity index (χ1) is 19.4. The molecule has 40 heavy (non-hydrogen) atoms. The number of pyridine rings is 3. The van der Waals surface area contributed by atoms with Crippen LogP contribution in [0.2, 0.25) is 0 Å². The van der Waals surface area contributed by atoms with Gasteiger partial charge in [0.2, 0.25) is 5.91 Å². The summed E-state index contributed by atoms with van der Waals surface area (Å²) < 4.78 is 0. The normalized spacial score (nSPS) is 15.0. The van der Waals surface area contributed by atoms with E-state index in [4.69, 9.17) is 10.7 Å². The zero-order valence-electron chi connectivity index (χ0n) is 22.8. The monoisotopic (exact) mass is 529 g/mol. The third kappa shape index (κ3) is 4.89. The van der Waals surface area contributed by atoms with Crippen LogP contribution in [0, 0.1) is 5.92 Å². The lowest BCUT2D eigenvalue weighted by molar-refractivity contribution is -0.116. The van der Waals surface area contributed by atoms with Gasteiger partial charge in [-0.05, 0) is 54.2 Å². The Balaban J connectivity index is 1.42. The zero-order chi connectivity index (χ0) is 27.8. The second-order valence-electron chi connectivity index (χ2n) is 10.8. The van der Waals surface area contributed by atoms with E-state index in [0.29, 0.717) is 12.1 Å². The van der Waals surface area contributed by atoms with Gasteiger partial charge in [-0.2, -0.15) is 0 Å². The van der Waals surface area contributed by atoms with Crippen LogP contribution in [0.4, 0.5) is 5.69 Å². The number of H-pyrrole nitrogens is 1. The third-order valence-corrected chi connectivity index (χ3v) is 7.23. The van der Waals surface area contributed by atoms with Crippen LogP contribution in [0.15, 0.2) is 79.2 Å². The number of nitrogens with one attached hydrogen (secondary N) is 2. The summed E-state index contributed by atoms with van der Waals surface area (Å²) >= 11 is 0. The molecule has 1 aromatic carbocycles. The van der Waals surface area contributed by atoms with Gasteiger partial charge in [-0.25, -0.2) is 4.98 Å². The van der Waals surface area contributed by atoms with Crippen LogP contribution < -0.4 is 11.1 Å². The molecule has 8 nitrogen and oxygen atoms in total. The smallest absolute Gasteiger partial charge is 0.224 e. The van der Waals surface area contributed by atoms with Crippen LogP contribution in [-0.4, -0.2) is 30.8 Å². The number of carbonyl (C=O) groups is 1. The van der Waals surface area contributed by atoms with Crippen LogP contribution in [0.5, 0.6) is 0 Å². The predicted molar refractivity (Wildman–Crippen MR) is 158 cm³/mol. The summed E-state index contributed by atoms with van der Waals surface area (Å²) in [6.45, 7) is 6.17. The van der Waals surface area contributed by atoms with Gasteiger partial charge in [0.1, 0.15) is 5.82 Å². The molecule has 4 heterocycles. The summed E-state index contributed by atoms with van der Waals surface area (Å²) in [5, 5.41) is 2.97. The highest BCUT2D eigenvalue weighted by molar-refractivity contribution is 5.95. The number of anilines is 1. The predicted octanol–water partition coefficient (Wildman–Crippen LogP) is 6.29. The summed E-state index contributed by atoms with van der Waals surface area (Å²) in [5.74, 6) is 1.05. The minimum atomic E-state index is -0.107. The van der Waals surface area contributed by atoms with Crippen molar-refractivity contribution in [3.63, 3.8) is 0 Å². The summed E-state index contributed by atoms with van der Waals surface area (Å²) in [5.41, 5.74) is 17.1. The number of hydrogen-bond donors (Lipinski definition) is 3. The van der Waals surface area contributed by atoms with E-state index < -0.39 is 0 Å². The number of hydrogen-bond acceptors (Lipinski definition) is 6. The van der Waals surface area contributed by atoms with Gasteiger partial charge in [-0.3, -0.25) is 19.7 Å². The molecule has 0 saturated carbocycles. The molecule has 0 radical (unpaired) electrons. The van der Waals surface area contributed by atoms with Crippen molar-refractivity contribution >= 4 is 28.2 Å². The fourth-order valence-corrected chi connectivity index (χ4v) is 5.41. The molecular weight excluding hydrogens is 498 g/mol. The largest absolute Gasteiger partial charge is 0.337 e. The quantitative estimate of drug-likeness (QED) is 0.237. The minimum absolute atomic E-state index is 0.0174. The maximum atomic E-state index is 12.3. The Kier molecular flexibility index (Phi) is 6.69. The van der Waals surface area contributed by atoms with Crippen LogP contribution in [0.3, 0.4) is 0 Å². The topological polar surface area (TPSA) is 122 Å². The minimum Gasteiger partial charge on any atom is -0.337 e. The fourth-order valence-electron chi connectivity index (χ4n) is 5.41. The van der Waals surface area contributed by atoms with Crippen molar-refractivity contribution in [2.45, 2.75) is 39.7 Å². The summed E-state index contributed by atoms with van der Waals surface area (Å²) in [4.78, 5) is 34.1. The molecule has 0 fully saturated rings. The second kappa shape index (κ2) is 10.5. The number of aromatic amines is 1. The maximum Gasteiger partial charge on any atom is 0.224 e. The van der Waals surface area contributed by atoms with Crippen molar-refractivity contribution in [1.29, 1.82) is 0 Å². The van der Waals surface area contributed by atoms with Gasteiger partial charge < -0.3 is 16.0 Å². The van der Waals surface area contributed by atoms with Crippen molar-refractivity contribution in [3.8, 4) is 22.3 Å². The first-order valence-electron chi connectivity index (χ1n) is 13.5. The van der Waals surface area contributed by atoms with Gasteiger partial charge in [0.25, 0.3) is 0 Å². The Morgan fingerprint density at radius 1 is 1.00 bits per heavy atom. The van der Waals surface area contributed by atoms with Gasteiger partial charge in [-0.15, -0.1) is 0 Å². The van der Waals surface area contributed by atoms with E-state index in [2.05, 4.69) is 50.4 Å². The highest BCUT2D eigenvalue weighted by Crippen LogP contribution is 2.41. The number of nitrogens with zero attached hydrogens (tertiary/aromatic N) is 4. The molecule has 8 heteroatoms. The number of amides is 1. The van der Waals surface area contributed by atoms with Crippen LogP contribution >= 0.6 is 0 Å². The van der Waals surface area contributed by atoms with Crippen LogP contribution in [0.1, 0.15) is 56.6 Å². The van der Waals surface area contributed by atoms with Gasteiger partial charge in [0, 0.05) is 59.5 Å². The number of carbonyl (C=O) groups excluding carboxylic acids is 1. The first kappa shape index (κ1) is 25.6. The lowest BCUT2D eigenvalue weighted by Crippen LogP contribution is -2.18. The molecule has 0 bridgehead atoms. The highest BCUT2D eigenvalue weighted by Gasteiger charge is 2.26. The fraction of sp³-hybridized carbons (Fsp3) is 0.219. The number of fused-ring (bicyclic) bond motifs is 2. The van der Waals surface area contributed by atoms with Gasteiger partial charge >= 0.3 is 0 Å². The van der Waals surface area contributed by atoms with Crippen molar-refractivity contribution in [2.24, 2.45) is 11.7 Å². The van der Waals surface area contributed by atoms with Crippen LogP contribution in [0.25, 0.3) is 38.9 Å². The van der Waals surface area contributed by atoms with E-state index in [1.807, 2.05) is 50.6 Å². The molecule has 200 valence electrons. The molecule has 5 aromatic rings. The Bertz CT molecular complexity index is 1750. The van der Waals surface area contributed by atoms with Crippen LogP contribution in [-0.2, 0) is 4.79 Å². The molecule has 1 aliphatic rings. The van der Waals surface area contributed by atoms with Gasteiger partial charge in [0.05, 0.1) is 29.1 Å². The molecule has 4 N–H and O–H groups in total. The van der Waals surface area contributed by atoms with Gasteiger partial charge in [-0.1, -0.05) is 37.6 Å². The van der Waals surface area contributed by atoms with Gasteiger partial charge in [0.15, 0.2) is 0 Å².